The van der Waals surface area contributed by atoms with Crippen molar-refractivity contribution >= 4 is 15.7 Å². The zero-order valence-corrected chi connectivity index (χ0v) is 12.5. The Morgan fingerprint density at radius 2 is 1.86 bits per heavy atom. The van der Waals surface area contributed by atoms with Crippen LogP contribution < -0.4 is 0 Å². The molecule has 0 bridgehead atoms. The van der Waals surface area contributed by atoms with Crippen molar-refractivity contribution < 1.29 is 17.7 Å². The third-order valence-corrected chi connectivity index (χ3v) is 4.89. The molecule has 0 aliphatic rings. The molecule has 0 N–H and O–H groups in total. The lowest BCUT2D eigenvalue weighted by Crippen LogP contribution is -2.27. The second-order valence-corrected chi connectivity index (χ2v) is 6.65. The normalized spacial score (nSPS) is 11.6. The van der Waals surface area contributed by atoms with E-state index < -0.39 is 20.8 Å². The number of rotatable bonds is 5. The van der Waals surface area contributed by atoms with Gasteiger partial charge in [0.05, 0.1) is 9.82 Å². The number of non-ortho nitro benzene ring substituents is 1. The van der Waals surface area contributed by atoms with Crippen molar-refractivity contribution in [3.8, 4) is 0 Å². The third-order valence-electron chi connectivity index (χ3n) is 3.09. The summed E-state index contributed by atoms with van der Waals surface area (Å²) in [6.07, 6.45) is 0. The van der Waals surface area contributed by atoms with Crippen LogP contribution in [0.2, 0.25) is 0 Å². The first-order valence-electron chi connectivity index (χ1n) is 6.26. The Morgan fingerprint density at radius 3 is 2.50 bits per heavy atom. The molecule has 0 atom stereocenters. The topological polar surface area (TPSA) is 80.5 Å². The SMILES string of the molecule is CN(Cc1ccccc1F)S(=O)(=O)c1cccc([N+](=O)[O-])c1. The van der Waals surface area contributed by atoms with E-state index >= 15 is 0 Å². The lowest BCUT2D eigenvalue weighted by molar-refractivity contribution is -0.385. The van der Waals surface area contributed by atoms with Crippen LogP contribution in [0.1, 0.15) is 5.56 Å². The molecule has 0 aliphatic carbocycles. The molecular weight excluding hydrogens is 311 g/mol. The first-order chi connectivity index (χ1) is 10.3. The third kappa shape index (κ3) is 3.29. The van der Waals surface area contributed by atoms with Crippen molar-refractivity contribution in [2.45, 2.75) is 11.4 Å². The van der Waals surface area contributed by atoms with E-state index in [1.807, 2.05) is 0 Å². The number of nitro groups is 1. The summed E-state index contributed by atoms with van der Waals surface area (Å²) in [6.45, 7) is -0.169. The first kappa shape index (κ1) is 16.1. The molecule has 8 heteroatoms. The van der Waals surface area contributed by atoms with Gasteiger partial charge in [0, 0.05) is 31.3 Å². The van der Waals surface area contributed by atoms with E-state index in [2.05, 4.69) is 0 Å². The Kier molecular flexibility index (Phi) is 4.53. The predicted octanol–water partition coefficient (Wildman–Crippen LogP) is 2.55. The van der Waals surface area contributed by atoms with Crippen LogP contribution in [-0.2, 0) is 16.6 Å². The van der Waals surface area contributed by atoms with Gasteiger partial charge in [0.25, 0.3) is 5.69 Å². The van der Waals surface area contributed by atoms with Gasteiger partial charge in [-0.2, -0.15) is 4.31 Å². The fourth-order valence-electron chi connectivity index (χ4n) is 1.89. The molecule has 0 aliphatic heterocycles. The average Bonchev–Trinajstić information content (AvgIpc) is 2.49. The summed E-state index contributed by atoms with van der Waals surface area (Å²) in [5, 5.41) is 10.7. The van der Waals surface area contributed by atoms with Gasteiger partial charge >= 0.3 is 0 Å². The molecule has 0 aromatic heterocycles. The van der Waals surface area contributed by atoms with Crippen LogP contribution in [0.25, 0.3) is 0 Å². The minimum absolute atomic E-state index is 0.169. The first-order valence-corrected chi connectivity index (χ1v) is 7.70. The molecule has 0 heterocycles. The summed E-state index contributed by atoms with van der Waals surface area (Å²) < 4.78 is 39.4. The molecule has 2 aromatic rings. The molecule has 0 saturated carbocycles. The quantitative estimate of drug-likeness (QED) is 0.625. The Hall–Kier alpha value is -2.32. The highest BCUT2D eigenvalue weighted by atomic mass is 32.2. The maximum Gasteiger partial charge on any atom is 0.270 e. The second-order valence-electron chi connectivity index (χ2n) is 4.61. The minimum Gasteiger partial charge on any atom is -0.258 e. The number of nitrogens with zero attached hydrogens (tertiary/aromatic N) is 2. The zero-order valence-electron chi connectivity index (χ0n) is 11.6. The Labute approximate surface area is 127 Å². The zero-order chi connectivity index (χ0) is 16.3. The largest absolute Gasteiger partial charge is 0.270 e. The van der Waals surface area contributed by atoms with Gasteiger partial charge in [-0.3, -0.25) is 10.1 Å². The van der Waals surface area contributed by atoms with Gasteiger partial charge in [-0.25, -0.2) is 12.8 Å². The molecule has 2 aromatic carbocycles. The number of nitro benzene ring substituents is 1. The highest BCUT2D eigenvalue weighted by molar-refractivity contribution is 7.89. The van der Waals surface area contributed by atoms with Gasteiger partial charge in [-0.05, 0) is 12.1 Å². The van der Waals surface area contributed by atoms with Crippen LogP contribution in [0.4, 0.5) is 10.1 Å². The number of benzene rings is 2. The van der Waals surface area contributed by atoms with Crippen molar-refractivity contribution in [3.63, 3.8) is 0 Å². The van der Waals surface area contributed by atoms with Gasteiger partial charge in [0.15, 0.2) is 0 Å². The molecule has 0 amide bonds. The van der Waals surface area contributed by atoms with E-state index in [1.54, 1.807) is 6.07 Å². The minimum atomic E-state index is -3.95. The van der Waals surface area contributed by atoms with E-state index in [9.17, 15) is 22.9 Å². The fourth-order valence-corrected chi connectivity index (χ4v) is 3.08. The van der Waals surface area contributed by atoms with Gasteiger partial charge in [0.2, 0.25) is 10.0 Å². The number of hydrogen-bond acceptors (Lipinski definition) is 4. The van der Waals surface area contributed by atoms with Crippen molar-refractivity contribution in [3.05, 3.63) is 70.0 Å². The Bertz CT molecular complexity index is 808. The van der Waals surface area contributed by atoms with E-state index in [4.69, 9.17) is 0 Å². The molecule has 2 rings (SSSR count). The van der Waals surface area contributed by atoms with E-state index in [-0.39, 0.29) is 22.7 Å². The number of hydrogen-bond donors (Lipinski definition) is 0. The smallest absolute Gasteiger partial charge is 0.258 e. The molecule has 116 valence electrons. The summed E-state index contributed by atoms with van der Waals surface area (Å²) in [7, 11) is -2.66. The number of sulfonamides is 1. The van der Waals surface area contributed by atoms with Crippen LogP contribution in [-0.4, -0.2) is 24.7 Å². The van der Waals surface area contributed by atoms with Gasteiger partial charge in [0.1, 0.15) is 5.82 Å². The molecule has 0 unspecified atom stereocenters. The van der Waals surface area contributed by atoms with Crippen LogP contribution in [0, 0.1) is 15.9 Å². The van der Waals surface area contributed by atoms with Crippen molar-refractivity contribution in [2.75, 3.05) is 7.05 Å². The molecular formula is C14H13FN2O4S. The van der Waals surface area contributed by atoms with Gasteiger partial charge in [-0.15, -0.1) is 0 Å². The lowest BCUT2D eigenvalue weighted by Gasteiger charge is -2.17. The van der Waals surface area contributed by atoms with Crippen LogP contribution in [0.3, 0.4) is 0 Å². The van der Waals surface area contributed by atoms with Gasteiger partial charge in [-0.1, -0.05) is 24.3 Å². The average molecular weight is 324 g/mol. The maximum absolute atomic E-state index is 13.6. The standard InChI is InChI=1S/C14H13FN2O4S/c1-16(10-11-5-2-3-8-14(11)15)22(20,21)13-7-4-6-12(9-13)17(18)19/h2-9H,10H2,1H3. The second kappa shape index (κ2) is 6.20. The molecule has 0 fully saturated rings. The van der Waals surface area contributed by atoms with Gasteiger partial charge < -0.3 is 0 Å². The Balaban J connectivity index is 2.32. The van der Waals surface area contributed by atoms with Crippen molar-refractivity contribution in [1.82, 2.24) is 4.31 Å². The summed E-state index contributed by atoms with van der Waals surface area (Å²) in [5.41, 5.74) is -0.0978. The molecule has 6 nitrogen and oxygen atoms in total. The van der Waals surface area contributed by atoms with Crippen LogP contribution >= 0.6 is 0 Å². The summed E-state index contributed by atoms with van der Waals surface area (Å²) >= 11 is 0. The monoisotopic (exact) mass is 324 g/mol. The molecule has 22 heavy (non-hydrogen) atoms. The Morgan fingerprint density at radius 1 is 1.18 bits per heavy atom. The molecule has 0 saturated heterocycles. The van der Waals surface area contributed by atoms with Crippen LogP contribution in [0.15, 0.2) is 53.4 Å². The highest BCUT2D eigenvalue weighted by Gasteiger charge is 2.23. The molecule has 0 spiro atoms. The van der Waals surface area contributed by atoms with E-state index in [1.165, 1.54) is 43.4 Å². The summed E-state index contributed by atoms with van der Waals surface area (Å²) in [5.74, 6) is -0.511. The predicted molar refractivity (Wildman–Crippen MR) is 78.1 cm³/mol. The highest BCUT2D eigenvalue weighted by Crippen LogP contribution is 2.21. The van der Waals surface area contributed by atoms with Crippen molar-refractivity contribution in [2.24, 2.45) is 0 Å². The lowest BCUT2D eigenvalue weighted by atomic mass is 10.2. The summed E-state index contributed by atoms with van der Waals surface area (Å²) in [4.78, 5) is 9.85. The van der Waals surface area contributed by atoms with E-state index in [0.29, 0.717) is 0 Å². The van der Waals surface area contributed by atoms with E-state index in [0.717, 1.165) is 10.4 Å². The van der Waals surface area contributed by atoms with Crippen LogP contribution in [0.5, 0.6) is 0 Å². The number of halogens is 1. The maximum atomic E-state index is 13.6. The fraction of sp³-hybridized carbons (Fsp3) is 0.143. The molecule has 0 radical (unpaired) electrons. The van der Waals surface area contributed by atoms with Crippen molar-refractivity contribution in [1.29, 1.82) is 0 Å². The summed E-state index contributed by atoms with van der Waals surface area (Å²) in [6, 6.07) is 10.6.